The second-order valence-corrected chi connectivity index (χ2v) is 4.11. The van der Waals surface area contributed by atoms with E-state index >= 15 is 0 Å². The van der Waals surface area contributed by atoms with Gasteiger partial charge in [0.2, 0.25) is 0 Å². The van der Waals surface area contributed by atoms with Crippen molar-refractivity contribution in [3.63, 3.8) is 0 Å². The zero-order valence-electron chi connectivity index (χ0n) is 11.5. The molecule has 0 saturated heterocycles. The van der Waals surface area contributed by atoms with Gasteiger partial charge in [0.1, 0.15) is 17.5 Å². The summed E-state index contributed by atoms with van der Waals surface area (Å²) >= 11 is 0. The fourth-order valence-corrected chi connectivity index (χ4v) is 1.75. The van der Waals surface area contributed by atoms with E-state index in [1.165, 1.54) is 12.8 Å². The predicted molar refractivity (Wildman–Crippen MR) is 73.7 cm³/mol. The molecule has 1 aromatic heterocycles. The molecule has 0 unspecified atom stereocenters. The zero-order chi connectivity index (χ0) is 12.7. The molecule has 0 saturated carbocycles. The van der Waals surface area contributed by atoms with Gasteiger partial charge >= 0.3 is 0 Å². The Bertz CT molecular complexity index is 334. The highest BCUT2D eigenvalue weighted by atomic mass is 15.2. The van der Waals surface area contributed by atoms with E-state index in [4.69, 9.17) is 0 Å². The highest BCUT2D eigenvalue weighted by Crippen LogP contribution is 2.15. The second kappa shape index (κ2) is 7.09. The van der Waals surface area contributed by atoms with Crippen LogP contribution in [-0.4, -0.2) is 29.6 Å². The van der Waals surface area contributed by atoms with Gasteiger partial charge in [-0.1, -0.05) is 13.3 Å². The Morgan fingerprint density at radius 2 is 1.88 bits per heavy atom. The SMILES string of the molecule is CCCCNc1cc(N(CC)CC)nc(C)n1. The number of nitrogens with zero attached hydrogens (tertiary/aromatic N) is 3. The van der Waals surface area contributed by atoms with Gasteiger partial charge in [0, 0.05) is 25.7 Å². The van der Waals surface area contributed by atoms with Crippen molar-refractivity contribution in [3.05, 3.63) is 11.9 Å². The lowest BCUT2D eigenvalue weighted by Crippen LogP contribution is -2.23. The molecule has 1 rings (SSSR count). The Kier molecular flexibility index (Phi) is 5.73. The molecule has 1 N–H and O–H groups in total. The molecule has 17 heavy (non-hydrogen) atoms. The van der Waals surface area contributed by atoms with Crippen LogP contribution in [0.4, 0.5) is 11.6 Å². The molecule has 0 fully saturated rings. The van der Waals surface area contributed by atoms with Crippen LogP contribution in [0.1, 0.15) is 39.4 Å². The van der Waals surface area contributed by atoms with Gasteiger partial charge in [-0.3, -0.25) is 0 Å². The lowest BCUT2D eigenvalue weighted by Gasteiger charge is -2.20. The lowest BCUT2D eigenvalue weighted by molar-refractivity contribution is 0.819. The molecule has 4 nitrogen and oxygen atoms in total. The maximum Gasteiger partial charge on any atom is 0.134 e. The maximum atomic E-state index is 4.48. The van der Waals surface area contributed by atoms with Gasteiger partial charge in [0.25, 0.3) is 0 Å². The maximum absolute atomic E-state index is 4.48. The molecular weight excluding hydrogens is 212 g/mol. The average Bonchev–Trinajstić information content (AvgIpc) is 2.30. The Labute approximate surface area is 104 Å². The van der Waals surface area contributed by atoms with E-state index in [1.54, 1.807) is 0 Å². The van der Waals surface area contributed by atoms with Crippen molar-refractivity contribution in [3.8, 4) is 0 Å². The first-order chi connectivity index (χ1) is 8.21. The van der Waals surface area contributed by atoms with E-state index in [0.717, 1.165) is 37.1 Å². The van der Waals surface area contributed by atoms with Crippen molar-refractivity contribution in [1.29, 1.82) is 0 Å². The summed E-state index contributed by atoms with van der Waals surface area (Å²) in [6.45, 7) is 11.3. The monoisotopic (exact) mass is 236 g/mol. The fraction of sp³-hybridized carbons (Fsp3) is 0.692. The van der Waals surface area contributed by atoms with Gasteiger partial charge in [-0.25, -0.2) is 9.97 Å². The number of aromatic nitrogens is 2. The van der Waals surface area contributed by atoms with E-state index in [-0.39, 0.29) is 0 Å². The highest BCUT2D eigenvalue weighted by Gasteiger charge is 2.06. The average molecular weight is 236 g/mol. The van der Waals surface area contributed by atoms with Gasteiger partial charge in [-0.15, -0.1) is 0 Å². The summed E-state index contributed by atoms with van der Waals surface area (Å²) in [4.78, 5) is 11.1. The van der Waals surface area contributed by atoms with Crippen LogP contribution < -0.4 is 10.2 Å². The Morgan fingerprint density at radius 1 is 1.18 bits per heavy atom. The number of rotatable bonds is 7. The minimum atomic E-state index is 0.827. The van der Waals surface area contributed by atoms with Crippen LogP contribution in [0, 0.1) is 6.92 Å². The van der Waals surface area contributed by atoms with Crippen LogP contribution in [0.25, 0.3) is 0 Å². The topological polar surface area (TPSA) is 41.0 Å². The first-order valence-electron chi connectivity index (χ1n) is 6.55. The zero-order valence-corrected chi connectivity index (χ0v) is 11.5. The minimum Gasteiger partial charge on any atom is -0.370 e. The predicted octanol–water partition coefficient (Wildman–Crippen LogP) is 2.84. The Balaban J connectivity index is 2.78. The van der Waals surface area contributed by atoms with E-state index in [2.05, 4.69) is 41.0 Å². The minimum absolute atomic E-state index is 0.827. The number of aryl methyl sites for hydroxylation is 1. The van der Waals surface area contributed by atoms with Gasteiger partial charge in [-0.05, 0) is 27.2 Å². The summed E-state index contributed by atoms with van der Waals surface area (Å²) in [5.74, 6) is 2.78. The molecule has 1 heterocycles. The summed E-state index contributed by atoms with van der Waals surface area (Å²) in [5, 5.41) is 3.35. The third-order valence-electron chi connectivity index (χ3n) is 2.75. The highest BCUT2D eigenvalue weighted by molar-refractivity contribution is 5.49. The van der Waals surface area contributed by atoms with Crippen LogP contribution in [0.2, 0.25) is 0 Å². The smallest absolute Gasteiger partial charge is 0.134 e. The number of unbranched alkanes of at least 4 members (excludes halogenated alkanes) is 1. The van der Waals surface area contributed by atoms with Crippen LogP contribution >= 0.6 is 0 Å². The van der Waals surface area contributed by atoms with Crippen LogP contribution in [-0.2, 0) is 0 Å². The Hall–Kier alpha value is -1.32. The summed E-state index contributed by atoms with van der Waals surface area (Å²) in [6, 6.07) is 2.04. The summed E-state index contributed by atoms with van der Waals surface area (Å²) < 4.78 is 0. The molecule has 0 aromatic carbocycles. The van der Waals surface area contributed by atoms with Crippen LogP contribution in [0.3, 0.4) is 0 Å². The molecule has 4 heteroatoms. The summed E-state index contributed by atoms with van der Waals surface area (Å²) in [7, 11) is 0. The van der Waals surface area contributed by atoms with E-state index < -0.39 is 0 Å². The first kappa shape index (κ1) is 13.7. The number of hydrogen-bond acceptors (Lipinski definition) is 4. The van der Waals surface area contributed by atoms with Crippen molar-refractivity contribution in [1.82, 2.24) is 9.97 Å². The fourth-order valence-electron chi connectivity index (χ4n) is 1.75. The van der Waals surface area contributed by atoms with Crippen LogP contribution in [0.5, 0.6) is 0 Å². The lowest BCUT2D eigenvalue weighted by atomic mass is 10.3. The molecule has 1 aromatic rings. The van der Waals surface area contributed by atoms with Gasteiger partial charge < -0.3 is 10.2 Å². The normalized spacial score (nSPS) is 10.4. The molecule has 0 amide bonds. The number of hydrogen-bond donors (Lipinski definition) is 1. The first-order valence-corrected chi connectivity index (χ1v) is 6.55. The van der Waals surface area contributed by atoms with Crippen LogP contribution in [0.15, 0.2) is 6.07 Å². The number of anilines is 2. The molecule has 0 spiro atoms. The summed E-state index contributed by atoms with van der Waals surface area (Å²) in [6.07, 6.45) is 2.36. The standard InChI is InChI=1S/C13H24N4/c1-5-8-9-14-12-10-13(16-11(4)15-12)17(6-2)7-3/h10H,5-9H2,1-4H3,(H,14,15,16). The van der Waals surface area contributed by atoms with Crippen molar-refractivity contribution in [2.75, 3.05) is 29.9 Å². The van der Waals surface area contributed by atoms with Crippen molar-refractivity contribution >= 4 is 11.6 Å². The molecule has 0 atom stereocenters. The third-order valence-corrected chi connectivity index (χ3v) is 2.75. The molecule has 0 bridgehead atoms. The third kappa shape index (κ3) is 4.21. The van der Waals surface area contributed by atoms with Gasteiger partial charge in [-0.2, -0.15) is 0 Å². The molecule has 0 aliphatic rings. The van der Waals surface area contributed by atoms with E-state index in [1.807, 2.05) is 13.0 Å². The molecule has 96 valence electrons. The van der Waals surface area contributed by atoms with E-state index in [0.29, 0.717) is 0 Å². The van der Waals surface area contributed by atoms with Crippen molar-refractivity contribution < 1.29 is 0 Å². The molecule has 0 radical (unpaired) electrons. The molecular formula is C13H24N4. The molecule has 0 aliphatic carbocycles. The Morgan fingerprint density at radius 3 is 2.47 bits per heavy atom. The van der Waals surface area contributed by atoms with Gasteiger partial charge in [0.05, 0.1) is 0 Å². The van der Waals surface area contributed by atoms with E-state index in [9.17, 15) is 0 Å². The molecule has 0 aliphatic heterocycles. The second-order valence-electron chi connectivity index (χ2n) is 4.11. The number of nitrogens with one attached hydrogen (secondary N) is 1. The quantitative estimate of drug-likeness (QED) is 0.739. The van der Waals surface area contributed by atoms with Crippen molar-refractivity contribution in [2.24, 2.45) is 0 Å². The van der Waals surface area contributed by atoms with Crippen molar-refractivity contribution in [2.45, 2.75) is 40.5 Å². The van der Waals surface area contributed by atoms with Gasteiger partial charge in [0.15, 0.2) is 0 Å². The summed E-state index contributed by atoms with van der Waals surface area (Å²) in [5.41, 5.74) is 0. The largest absolute Gasteiger partial charge is 0.370 e.